The van der Waals surface area contributed by atoms with E-state index in [1.165, 1.54) is 21.5 Å². The number of hydrogen-bond donors (Lipinski definition) is 1. The molecule has 0 atom stereocenters. The van der Waals surface area contributed by atoms with E-state index < -0.39 is 5.97 Å². The first-order chi connectivity index (χ1) is 16.0. The van der Waals surface area contributed by atoms with Crippen LogP contribution in [0.2, 0.25) is 10.3 Å². The van der Waals surface area contributed by atoms with Crippen LogP contribution in [-0.4, -0.2) is 41.1 Å². The van der Waals surface area contributed by atoms with E-state index >= 15 is 0 Å². The monoisotopic (exact) mass is 564 g/mol. The number of aryl methyl sites for hydroxylation is 4. The van der Waals surface area contributed by atoms with Crippen LogP contribution >= 0.6 is 39.1 Å². The SMILES string of the molecule is Cc1cc(C)cc(Cn2nc(Cl)c(Br)n2)c1.Cc1cc(C)cc(Cn2nc(Cl)c(C(=O)O)n2)c1. The maximum atomic E-state index is 10.8. The Morgan fingerprint density at radius 2 is 1.18 bits per heavy atom. The van der Waals surface area contributed by atoms with Crippen molar-refractivity contribution >= 4 is 45.1 Å². The van der Waals surface area contributed by atoms with Crippen LogP contribution in [0.25, 0.3) is 0 Å². The molecule has 2 aromatic carbocycles. The molecular weight excluding hydrogens is 543 g/mol. The van der Waals surface area contributed by atoms with Gasteiger partial charge in [-0.15, -0.1) is 20.4 Å². The molecule has 4 aromatic rings. The normalized spacial score (nSPS) is 10.7. The number of rotatable bonds is 5. The predicted molar refractivity (Wildman–Crippen MR) is 135 cm³/mol. The Labute approximate surface area is 215 Å². The minimum atomic E-state index is -1.17. The van der Waals surface area contributed by atoms with E-state index in [1.54, 1.807) is 4.80 Å². The fraction of sp³-hybridized carbons (Fsp3) is 0.261. The molecule has 0 unspecified atom stereocenters. The summed E-state index contributed by atoms with van der Waals surface area (Å²) in [6, 6.07) is 12.5. The molecule has 11 heteroatoms. The first-order valence-corrected chi connectivity index (χ1v) is 11.8. The Morgan fingerprint density at radius 3 is 1.53 bits per heavy atom. The second-order valence-electron chi connectivity index (χ2n) is 7.98. The van der Waals surface area contributed by atoms with Crippen molar-refractivity contribution in [1.29, 1.82) is 0 Å². The number of aromatic carboxylic acids is 1. The zero-order valence-corrected chi connectivity index (χ0v) is 22.1. The van der Waals surface area contributed by atoms with Gasteiger partial charge in [-0.1, -0.05) is 81.9 Å². The maximum Gasteiger partial charge on any atom is 0.359 e. The molecular formula is C23H23BrCl2N6O2. The molecule has 8 nitrogen and oxygen atoms in total. The summed E-state index contributed by atoms with van der Waals surface area (Å²) in [5.74, 6) is -1.17. The van der Waals surface area contributed by atoms with Crippen LogP contribution in [-0.2, 0) is 13.1 Å². The summed E-state index contributed by atoms with van der Waals surface area (Å²) >= 11 is 14.7. The van der Waals surface area contributed by atoms with Crippen LogP contribution in [0, 0.1) is 27.7 Å². The second-order valence-corrected chi connectivity index (χ2v) is 9.45. The van der Waals surface area contributed by atoms with Crippen molar-refractivity contribution in [2.24, 2.45) is 0 Å². The summed E-state index contributed by atoms with van der Waals surface area (Å²) in [4.78, 5) is 13.7. The molecule has 0 aliphatic rings. The number of halogens is 3. The first kappa shape index (κ1) is 25.9. The quantitative estimate of drug-likeness (QED) is 0.335. The minimum Gasteiger partial charge on any atom is -0.476 e. The summed E-state index contributed by atoms with van der Waals surface area (Å²) in [7, 11) is 0. The Balaban J connectivity index is 0.000000192. The van der Waals surface area contributed by atoms with Gasteiger partial charge in [-0.3, -0.25) is 0 Å². The molecule has 2 heterocycles. The molecule has 0 amide bonds. The third-order valence-electron chi connectivity index (χ3n) is 4.60. The highest BCUT2D eigenvalue weighted by Crippen LogP contribution is 2.17. The lowest BCUT2D eigenvalue weighted by atomic mass is 10.1. The molecule has 0 spiro atoms. The van der Waals surface area contributed by atoms with E-state index in [9.17, 15) is 4.79 Å². The van der Waals surface area contributed by atoms with Gasteiger partial charge in [0.15, 0.2) is 14.9 Å². The van der Waals surface area contributed by atoms with Crippen LogP contribution in [0.4, 0.5) is 0 Å². The van der Waals surface area contributed by atoms with Crippen molar-refractivity contribution in [3.05, 3.63) is 90.4 Å². The maximum absolute atomic E-state index is 10.8. The van der Waals surface area contributed by atoms with E-state index in [1.807, 2.05) is 26.0 Å². The molecule has 0 radical (unpaired) electrons. The van der Waals surface area contributed by atoms with Crippen LogP contribution in [0.15, 0.2) is 41.0 Å². The minimum absolute atomic E-state index is 0.0909. The zero-order valence-electron chi connectivity index (χ0n) is 19.1. The molecule has 4 rings (SSSR count). The highest BCUT2D eigenvalue weighted by Gasteiger charge is 2.16. The van der Waals surface area contributed by atoms with Gasteiger partial charge < -0.3 is 5.11 Å². The molecule has 0 fully saturated rings. The van der Waals surface area contributed by atoms with Crippen LogP contribution in [0.5, 0.6) is 0 Å². The molecule has 34 heavy (non-hydrogen) atoms. The summed E-state index contributed by atoms with van der Waals surface area (Å²) in [5.41, 5.74) is 6.73. The Morgan fingerprint density at radius 1 is 0.765 bits per heavy atom. The lowest BCUT2D eigenvalue weighted by Gasteiger charge is -2.04. The van der Waals surface area contributed by atoms with Crippen LogP contribution < -0.4 is 0 Å². The Kier molecular flexibility index (Phi) is 8.46. The number of carbonyl (C=O) groups is 1. The van der Waals surface area contributed by atoms with E-state index in [4.69, 9.17) is 28.3 Å². The standard InChI is InChI=1S/C12H12ClN3O2.C11H11BrClN3/c1-7-3-8(2)5-9(4-7)6-16-14-10(12(17)18)11(13)15-16;1-7-3-8(2)5-9(4-7)6-16-14-10(12)11(13)15-16/h3-5H,6H2,1-2H3,(H,17,18);3-5H,6H2,1-2H3. The molecule has 0 aliphatic heterocycles. The van der Waals surface area contributed by atoms with Crippen LogP contribution in [0.1, 0.15) is 43.9 Å². The van der Waals surface area contributed by atoms with Gasteiger partial charge in [0.25, 0.3) is 0 Å². The van der Waals surface area contributed by atoms with Gasteiger partial charge in [0, 0.05) is 0 Å². The van der Waals surface area contributed by atoms with Gasteiger partial charge in [-0.25, -0.2) is 4.79 Å². The lowest BCUT2D eigenvalue weighted by Crippen LogP contribution is -2.06. The molecule has 1 N–H and O–H groups in total. The van der Waals surface area contributed by atoms with Gasteiger partial charge in [0.1, 0.15) is 0 Å². The fourth-order valence-electron chi connectivity index (χ4n) is 3.55. The molecule has 178 valence electrons. The number of hydrogen-bond acceptors (Lipinski definition) is 5. The summed E-state index contributed by atoms with van der Waals surface area (Å²) < 4.78 is 0.582. The molecule has 0 saturated heterocycles. The van der Waals surface area contributed by atoms with Gasteiger partial charge >= 0.3 is 5.97 Å². The number of aromatic nitrogens is 6. The smallest absolute Gasteiger partial charge is 0.359 e. The van der Waals surface area contributed by atoms with E-state index in [-0.39, 0.29) is 10.8 Å². The third kappa shape index (κ3) is 7.12. The molecule has 0 bridgehead atoms. The average molecular weight is 566 g/mol. The number of carboxylic acid groups (broad SMARTS) is 1. The van der Waals surface area contributed by atoms with Gasteiger partial charge in [-0.05, 0) is 54.8 Å². The van der Waals surface area contributed by atoms with Crippen molar-refractivity contribution in [1.82, 2.24) is 30.0 Å². The van der Waals surface area contributed by atoms with E-state index in [0.29, 0.717) is 22.8 Å². The predicted octanol–water partition coefficient (Wildman–Crippen LogP) is 5.65. The van der Waals surface area contributed by atoms with Crippen molar-refractivity contribution in [3.63, 3.8) is 0 Å². The lowest BCUT2D eigenvalue weighted by molar-refractivity contribution is 0.0689. The largest absolute Gasteiger partial charge is 0.476 e. The average Bonchev–Trinajstić information content (AvgIpc) is 3.21. The zero-order chi connectivity index (χ0) is 25.0. The molecule has 0 saturated carbocycles. The van der Waals surface area contributed by atoms with Gasteiger partial charge in [0.05, 0.1) is 13.1 Å². The van der Waals surface area contributed by atoms with Crippen molar-refractivity contribution in [3.8, 4) is 0 Å². The Hall–Kier alpha value is -2.75. The number of benzene rings is 2. The molecule has 0 aliphatic carbocycles. The van der Waals surface area contributed by atoms with Gasteiger partial charge in [-0.2, -0.15) is 9.59 Å². The third-order valence-corrected chi connectivity index (χ3v) is 5.88. The number of carboxylic acids is 1. The van der Waals surface area contributed by atoms with E-state index in [2.05, 4.69) is 74.4 Å². The van der Waals surface area contributed by atoms with Crippen molar-refractivity contribution < 1.29 is 9.90 Å². The summed E-state index contributed by atoms with van der Waals surface area (Å²) in [5, 5.41) is 25.1. The summed E-state index contributed by atoms with van der Waals surface area (Å²) in [6.07, 6.45) is 0. The topological polar surface area (TPSA) is 98.7 Å². The second kappa shape index (κ2) is 11.1. The van der Waals surface area contributed by atoms with Crippen molar-refractivity contribution in [2.75, 3.05) is 0 Å². The summed E-state index contributed by atoms with van der Waals surface area (Å²) in [6.45, 7) is 9.19. The first-order valence-electron chi connectivity index (χ1n) is 10.2. The fourth-order valence-corrected chi connectivity index (χ4v) is 4.15. The number of nitrogens with zero attached hydrogens (tertiary/aromatic N) is 6. The molecule has 2 aromatic heterocycles. The van der Waals surface area contributed by atoms with Gasteiger partial charge in [0.2, 0.25) is 5.69 Å². The van der Waals surface area contributed by atoms with E-state index in [0.717, 1.165) is 16.7 Å². The highest BCUT2D eigenvalue weighted by molar-refractivity contribution is 9.10. The Bertz CT molecular complexity index is 1280. The highest BCUT2D eigenvalue weighted by atomic mass is 79.9. The van der Waals surface area contributed by atoms with Crippen LogP contribution in [0.3, 0.4) is 0 Å². The van der Waals surface area contributed by atoms with Crippen molar-refractivity contribution in [2.45, 2.75) is 40.8 Å².